The molecule has 0 aromatic heterocycles. The Balaban J connectivity index is 2.48. The van der Waals surface area contributed by atoms with Crippen LogP contribution in [0.25, 0.3) is 0 Å². The largest absolute Gasteiger partial charge is 0.444 e. The SMILES string of the molecule is CCCCCCN(C(=O)C(CCC(N)=O)NC(=O)OC(C)(C)C)C(C(=O)NC1CCCCC1)c1ccccc1C. The number of ether oxygens (including phenoxy) is 1. The molecule has 0 radical (unpaired) electrons. The highest BCUT2D eigenvalue weighted by atomic mass is 16.6. The topological polar surface area (TPSA) is 131 Å². The number of alkyl carbamates (subject to hydrolysis) is 1. The molecule has 2 unspecified atom stereocenters. The fourth-order valence-electron chi connectivity index (χ4n) is 5.14. The van der Waals surface area contributed by atoms with Crippen molar-refractivity contribution >= 4 is 23.8 Å². The Morgan fingerprint density at radius 2 is 1.73 bits per heavy atom. The fraction of sp³-hybridized carbons (Fsp3) is 0.677. The number of hydrogen-bond donors (Lipinski definition) is 3. The van der Waals surface area contributed by atoms with Crippen LogP contribution in [0.1, 0.15) is 115 Å². The van der Waals surface area contributed by atoms with Crippen molar-refractivity contribution in [2.75, 3.05) is 6.54 Å². The van der Waals surface area contributed by atoms with Crippen molar-refractivity contribution in [1.29, 1.82) is 0 Å². The predicted molar refractivity (Wildman–Crippen MR) is 156 cm³/mol. The highest BCUT2D eigenvalue weighted by Crippen LogP contribution is 2.28. The van der Waals surface area contributed by atoms with Crippen LogP contribution in [-0.4, -0.2) is 52.9 Å². The van der Waals surface area contributed by atoms with Gasteiger partial charge in [0.15, 0.2) is 0 Å². The molecule has 0 aliphatic heterocycles. The molecule has 0 spiro atoms. The molecule has 0 bridgehead atoms. The van der Waals surface area contributed by atoms with Crippen LogP contribution < -0.4 is 16.4 Å². The van der Waals surface area contributed by atoms with Gasteiger partial charge in [0.05, 0.1) is 0 Å². The first-order chi connectivity index (χ1) is 18.9. The van der Waals surface area contributed by atoms with Gasteiger partial charge in [0.25, 0.3) is 0 Å². The molecule has 9 heteroatoms. The molecule has 4 amide bonds. The first-order valence-electron chi connectivity index (χ1n) is 14.9. The zero-order chi connectivity index (χ0) is 29.7. The number of hydrogen-bond acceptors (Lipinski definition) is 5. The molecule has 1 fully saturated rings. The highest BCUT2D eigenvalue weighted by Gasteiger charge is 2.37. The molecule has 1 aromatic carbocycles. The minimum Gasteiger partial charge on any atom is -0.444 e. The van der Waals surface area contributed by atoms with E-state index in [-0.39, 0.29) is 24.8 Å². The number of nitrogens with zero attached hydrogens (tertiary/aromatic N) is 1. The number of amides is 4. The second-order valence-corrected chi connectivity index (χ2v) is 11.9. The Morgan fingerprint density at radius 1 is 1.05 bits per heavy atom. The van der Waals surface area contributed by atoms with E-state index in [4.69, 9.17) is 10.5 Å². The third-order valence-electron chi connectivity index (χ3n) is 7.20. The number of benzene rings is 1. The van der Waals surface area contributed by atoms with Gasteiger partial charge in [0, 0.05) is 19.0 Å². The first kappa shape index (κ1) is 33.1. The average molecular weight is 559 g/mol. The van der Waals surface area contributed by atoms with Crippen LogP contribution in [0.4, 0.5) is 4.79 Å². The van der Waals surface area contributed by atoms with E-state index in [0.29, 0.717) is 13.0 Å². The molecule has 9 nitrogen and oxygen atoms in total. The zero-order valence-corrected chi connectivity index (χ0v) is 25.1. The van der Waals surface area contributed by atoms with Crippen molar-refractivity contribution in [3.05, 3.63) is 35.4 Å². The minimum atomic E-state index is -1.08. The Kier molecular flexibility index (Phi) is 13.4. The Labute approximate surface area is 240 Å². The maximum absolute atomic E-state index is 14.3. The van der Waals surface area contributed by atoms with E-state index < -0.39 is 35.6 Å². The Morgan fingerprint density at radius 3 is 2.33 bits per heavy atom. The van der Waals surface area contributed by atoms with Crippen molar-refractivity contribution in [2.24, 2.45) is 5.73 Å². The number of rotatable bonds is 14. The summed E-state index contributed by atoms with van der Waals surface area (Å²) in [7, 11) is 0. The predicted octanol–water partition coefficient (Wildman–Crippen LogP) is 5.05. The van der Waals surface area contributed by atoms with Gasteiger partial charge in [-0.1, -0.05) is 69.7 Å². The van der Waals surface area contributed by atoms with Crippen LogP contribution in [0.5, 0.6) is 0 Å². The molecule has 2 atom stereocenters. The van der Waals surface area contributed by atoms with Gasteiger partial charge in [-0.3, -0.25) is 14.4 Å². The summed E-state index contributed by atoms with van der Waals surface area (Å²) in [5.41, 5.74) is 6.28. The summed E-state index contributed by atoms with van der Waals surface area (Å²) in [6, 6.07) is 5.69. The van der Waals surface area contributed by atoms with Crippen LogP contribution in [0.2, 0.25) is 0 Å². The maximum atomic E-state index is 14.3. The molecule has 2 rings (SSSR count). The fourth-order valence-corrected chi connectivity index (χ4v) is 5.14. The van der Waals surface area contributed by atoms with Gasteiger partial charge in [0.2, 0.25) is 17.7 Å². The molecule has 40 heavy (non-hydrogen) atoms. The highest BCUT2D eigenvalue weighted by molar-refractivity contribution is 5.92. The van der Waals surface area contributed by atoms with Crippen molar-refractivity contribution in [3.63, 3.8) is 0 Å². The van der Waals surface area contributed by atoms with Gasteiger partial charge >= 0.3 is 6.09 Å². The summed E-state index contributed by atoms with van der Waals surface area (Å²) in [6.45, 7) is 9.57. The first-order valence-corrected chi connectivity index (χ1v) is 14.9. The molecule has 4 N–H and O–H groups in total. The van der Waals surface area contributed by atoms with Gasteiger partial charge in [-0.05, 0) is 64.5 Å². The number of primary amides is 1. The summed E-state index contributed by atoms with van der Waals surface area (Å²) in [6.07, 6.45) is 7.89. The van der Waals surface area contributed by atoms with Crippen LogP contribution in [0.3, 0.4) is 0 Å². The van der Waals surface area contributed by atoms with E-state index in [1.54, 1.807) is 25.7 Å². The maximum Gasteiger partial charge on any atom is 0.408 e. The van der Waals surface area contributed by atoms with Crippen molar-refractivity contribution in [1.82, 2.24) is 15.5 Å². The molecular formula is C31H50N4O5. The van der Waals surface area contributed by atoms with Gasteiger partial charge < -0.3 is 26.0 Å². The van der Waals surface area contributed by atoms with Gasteiger partial charge in [0.1, 0.15) is 17.7 Å². The normalized spacial score (nSPS) is 15.5. The molecule has 1 aromatic rings. The molecule has 0 saturated heterocycles. The van der Waals surface area contributed by atoms with E-state index >= 15 is 0 Å². The number of carbonyl (C=O) groups excluding carboxylic acids is 4. The smallest absolute Gasteiger partial charge is 0.408 e. The van der Waals surface area contributed by atoms with Crippen molar-refractivity contribution in [3.8, 4) is 0 Å². The van der Waals surface area contributed by atoms with E-state index in [9.17, 15) is 19.2 Å². The minimum absolute atomic E-state index is 0.00358. The lowest BCUT2D eigenvalue weighted by Gasteiger charge is -2.36. The lowest BCUT2D eigenvalue weighted by atomic mass is 9.93. The molecule has 1 aliphatic carbocycles. The summed E-state index contributed by atoms with van der Waals surface area (Å²) < 4.78 is 5.41. The Bertz CT molecular complexity index is 984. The van der Waals surface area contributed by atoms with Crippen LogP contribution >= 0.6 is 0 Å². The number of aryl methyl sites for hydroxylation is 1. The van der Waals surface area contributed by atoms with Gasteiger partial charge in [-0.2, -0.15) is 0 Å². The quantitative estimate of drug-likeness (QED) is 0.275. The van der Waals surface area contributed by atoms with Gasteiger partial charge in [-0.15, -0.1) is 0 Å². The monoisotopic (exact) mass is 558 g/mol. The molecule has 1 aliphatic rings. The summed E-state index contributed by atoms with van der Waals surface area (Å²) in [4.78, 5) is 54.3. The number of carbonyl (C=O) groups is 4. The number of nitrogens with one attached hydrogen (secondary N) is 2. The number of unbranched alkanes of at least 4 members (excludes halogenated alkanes) is 3. The lowest BCUT2D eigenvalue weighted by molar-refractivity contribution is -0.143. The summed E-state index contributed by atoms with van der Waals surface area (Å²) >= 11 is 0. The summed E-state index contributed by atoms with van der Waals surface area (Å²) in [5.74, 6) is -1.24. The van der Waals surface area contributed by atoms with E-state index in [2.05, 4.69) is 17.6 Å². The third kappa shape index (κ3) is 11.2. The Hall–Kier alpha value is -3.10. The standard InChI is InChI=1S/C31H50N4O5/c1-6-7-8-14-21-35(29(38)25(19-20-26(32)36)34-30(39)40-31(3,4)5)27(24-18-13-12-15-22(24)2)28(37)33-23-16-10-9-11-17-23/h12-13,15,18,23,25,27H,6-11,14,16-17,19-21H2,1-5H3,(H2,32,36)(H,33,37)(H,34,39). The lowest BCUT2D eigenvalue weighted by Crippen LogP contribution is -2.54. The summed E-state index contributed by atoms with van der Waals surface area (Å²) in [5, 5.41) is 5.88. The molecular weight excluding hydrogens is 508 g/mol. The second-order valence-electron chi connectivity index (χ2n) is 11.9. The molecule has 0 heterocycles. The molecule has 1 saturated carbocycles. The second kappa shape index (κ2) is 16.2. The van der Waals surface area contributed by atoms with Crippen LogP contribution in [0, 0.1) is 6.92 Å². The van der Waals surface area contributed by atoms with Crippen molar-refractivity contribution < 1.29 is 23.9 Å². The van der Waals surface area contributed by atoms with E-state index in [1.165, 1.54) is 0 Å². The van der Waals surface area contributed by atoms with Crippen LogP contribution in [-0.2, 0) is 19.1 Å². The zero-order valence-electron chi connectivity index (χ0n) is 25.1. The van der Waals surface area contributed by atoms with Crippen molar-refractivity contribution in [2.45, 2.75) is 129 Å². The molecule has 224 valence electrons. The van der Waals surface area contributed by atoms with Crippen LogP contribution in [0.15, 0.2) is 24.3 Å². The van der Waals surface area contributed by atoms with E-state index in [1.807, 2.05) is 31.2 Å². The number of nitrogens with two attached hydrogens (primary N) is 1. The van der Waals surface area contributed by atoms with E-state index in [0.717, 1.165) is 62.5 Å². The van der Waals surface area contributed by atoms with Gasteiger partial charge in [-0.25, -0.2) is 4.79 Å². The average Bonchev–Trinajstić information content (AvgIpc) is 2.88. The third-order valence-corrected chi connectivity index (χ3v) is 7.20.